The van der Waals surface area contributed by atoms with Crippen LogP contribution in [0.3, 0.4) is 0 Å². The van der Waals surface area contributed by atoms with Gasteiger partial charge in [0.2, 0.25) is 16.8 Å². The fourth-order valence-electron chi connectivity index (χ4n) is 7.62. The molecule has 5 fully saturated rings. The number of imide groups is 2. The number of thiazole rings is 1. The second-order valence-electron chi connectivity index (χ2n) is 11.5. The first kappa shape index (κ1) is 25.0. The Balaban J connectivity index is 1.03. The fraction of sp³-hybridized carbons (Fsp3) is 0.500. The van der Waals surface area contributed by atoms with E-state index in [1.165, 1.54) is 42.4 Å². The molecule has 11 heteroatoms. The van der Waals surface area contributed by atoms with Gasteiger partial charge in [0.05, 0.1) is 16.8 Å². The van der Waals surface area contributed by atoms with E-state index in [9.17, 15) is 24.0 Å². The van der Waals surface area contributed by atoms with Crippen LogP contribution < -0.4 is 5.32 Å². The third kappa shape index (κ3) is 4.30. The van der Waals surface area contributed by atoms with E-state index in [0.717, 1.165) is 24.2 Å². The second kappa shape index (κ2) is 9.26. The van der Waals surface area contributed by atoms with E-state index in [-0.39, 0.29) is 35.5 Å². The summed E-state index contributed by atoms with van der Waals surface area (Å²) in [5, 5.41) is 4.38. The number of hydrogen-bond acceptors (Lipinski definition) is 9. The SMILES string of the molecule is O=C1CCC(N2C(=O)c3cccc(SCc4csc(C(=O)OC56CC7CC(CC(C7)C5)C6)n4)c3C2=O)C(=O)N1. The fourth-order valence-corrected chi connectivity index (χ4v) is 9.38. The summed E-state index contributed by atoms with van der Waals surface area (Å²) in [6.45, 7) is 0. The Morgan fingerprint density at radius 3 is 2.49 bits per heavy atom. The Labute approximate surface area is 233 Å². The Kier molecular flexibility index (Phi) is 5.93. The standard InChI is InChI=1S/C28H27N3O6S2/c32-21-5-4-19(23(33)30-21)31-25(34)18-2-1-3-20(22(18)26(31)35)38-12-17-13-39-24(29-17)27(36)37-28-9-14-6-15(10-28)8-16(7-14)11-28/h1-3,13-16,19H,4-12H2,(H,30,32,33). The monoisotopic (exact) mass is 565 g/mol. The minimum Gasteiger partial charge on any atom is -0.454 e. The third-order valence-electron chi connectivity index (χ3n) is 8.82. The van der Waals surface area contributed by atoms with Crippen LogP contribution in [0.5, 0.6) is 0 Å². The normalized spacial score (nSPS) is 31.0. The maximum Gasteiger partial charge on any atom is 0.367 e. The number of ether oxygens (including phenoxy) is 1. The molecule has 1 atom stereocenters. The van der Waals surface area contributed by atoms with E-state index in [1.807, 2.05) is 5.38 Å². The molecule has 1 N–H and O–H groups in total. The van der Waals surface area contributed by atoms with Crippen molar-refractivity contribution in [2.45, 2.75) is 73.7 Å². The summed E-state index contributed by atoms with van der Waals surface area (Å²) in [6, 6.07) is 4.04. The lowest BCUT2D eigenvalue weighted by Crippen LogP contribution is -2.54. The molecule has 1 aromatic heterocycles. The van der Waals surface area contributed by atoms with E-state index >= 15 is 0 Å². The molecule has 2 aliphatic heterocycles. The van der Waals surface area contributed by atoms with Crippen molar-refractivity contribution in [3.8, 4) is 0 Å². The minimum absolute atomic E-state index is 0.0723. The predicted octanol–water partition coefficient (Wildman–Crippen LogP) is 3.96. The number of rotatable bonds is 6. The number of fused-ring (bicyclic) bond motifs is 1. The van der Waals surface area contributed by atoms with Crippen molar-refractivity contribution in [2.75, 3.05) is 0 Å². The number of benzene rings is 1. The number of thioether (sulfide) groups is 1. The zero-order valence-corrected chi connectivity index (χ0v) is 22.8. The topological polar surface area (TPSA) is 123 Å². The number of piperidine rings is 1. The van der Waals surface area contributed by atoms with Gasteiger partial charge in [-0.05, 0) is 74.8 Å². The number of hydrogen-bond donors (Lipinski definition) is 1. The number of amides is 4. The van der Waals surface area contributed by atoms with Crippen molar-refractivity contribution in [2.24, 2.45) is 17.8 Å². The molecule has 3 heterocycles. The van der Waals surface area contributed by atoms with E-state index < -0.39 is 29.7 Å². The Bertz CT molecular complexity index is 1400. The van der Waals surface area contributed by atoms with E-state index in [1.54, 1.807) is 18.2 Å². The van der Waals surface area contributed by atoms with E-state index in [4.69, 9.17) is 4.74 Å². The van der Waals surface area contributed by atoms with Gasteiger partial charge in [0.15, 0.2) is 0 Å². The van der Waals surface area contributed by atoms with Gasteiger partial charge in [-0.25, -0.2) is 9.78 Å². The lowest BCUT2D eigenvalue weighted by atomic mass is 9.54. The maximum absolute atomic E-state index is 13.3. The molecule has 4 amide bonds. The van der Waals surface area contributed by atoms with E-state index in [2.05, 4.69) is 10.3 Å². The summed E-state index contributed by atoms with van der Waals surface area (Å²) in [6.07, 6.45) is 6.93. The summed E-state index contributed by atoms with van der Waals surface area (Å²) in [4.78, 5) is 69.4. The number of aromatic nitrogens is 1. The van der Waals surface area contributed by atoms with E-state index in [0.29, 0.717) is 39.1 Å². The largest absolute Gasteiger partial charge is 0.454 e. The zero-order chi connectivity index (χ0) is 26.9. The Morgan fingerprint density at radius 2 is 1.79 bits per heavy atom. The first-order chi connectivity index (χ1) is 18.8. The van der Waals surface area contributed by atoms with Gasteiger partial charge < -0.3 is 4.74 Å². The van der Waals surface area contributed by atoms with Crippen LogP contribution >= 0.6 is 23.1 Å². The Hall–Kier alpha value is -3.05. The number of esters is 1. The highest BCUT2D eigenvalue weighted by Gasteiger charge is 2.53. The first-order valence-corrected chi connectivity index (χ1v) is 15.3. The van der Waals surface area contributed by atoms with Crippen LogP contribution in [-0.2, 0) is 20.1 Å². The highest BCUT2D eigenvalue weighted by molar-refractivity contribution is 7.98. The average Bonchev–Trinajstić information content (AvgIpc) is 3.45. The molecule has 0 spiro atoms. The highest BCUT2D eigenvalue weighted by Crippen LogP contribution is 2.57. The van der Waals surface area contributed by atoms with Crippen LogP contribution in [0.25, 0.3) is 0 Å². The molecule has 1 saturated heterocycles. The summed E-state index contributed by atoms with van der Waals surface area (Å²) >= 11 is 2.62. The molecule has 1 aromatic carbocycles. The van der Waals surface area contributed by atoms with Gasteiger partial charge in [0, 0.05) is 22.4 Å². The Morgan fingerprint density at radius 1 is 1.08 bits per heavy atom. The molecule has 39 heavy (non-hydrogen) atoms. The predicted molar refractivity (Wildman–Crippen MR) is 141 cm³/mol. The summed E-state index contributed by atoms with van der Waals surface area (Å²) in [5.74, 6) is -0.0158. The molecule has 8 rings (SSSR count). The van der Waals surface area contributed by atoms with Crippen LogP contribution in [0.4, 0.5) is 0 Å². The average molecular weight is 566 g/mol. The van der Waals surface area contributed by atoms with Gasteiger partial charge in [0.25, 0.3) is 11.8 Å². The number of nitrogens with one attached hydrogen (secondary N) is 1. The molecule has 2 aromatic rings. The second-order valence-corrected chi connectivity index (χ2v) is 13.4. The molecule has 4 saturated carbocycles. The lowest BCUT2D eigenvalue weighted by molar-refractivity contribution is -0.136. The quantitative estimate of drug-likeness (QED) is 0.317. The third-order valence-corrected chi connectivity index (χ3v) is 10.8. The van der Waals surface area contributed by atoms with Crippen molar-refractivity contribution in [3.05, 3.63) is 45.4 Å². The van der Waals surface area contributed by atoms with Crippen molar-refractivity contribution in [3.63, 3.8) is 0 Å². The molecule has 9 nitrogen and oxygen atoms in total. The lowest BCUT2D eigenvalue weighted by Gasteiger charge is -2.55. The molecule has 202 valence electrons. The van der Waals surface area contributed by atoms with Crippen molar-refractivity contribution in [1.29, 1.82) is 0 Å². The zero-order valence-electron chi connectivity index (χ0n) is 21.1. The first-order valence-electron chi connectivity index (χ1n) is 13.4. The number of carbonyl (C=O) groups excluding carboxylic acids is 5. The molecular formula is C28H27N3O6S2. The highest BCUT2D eigenvalue weighted by atomic mass is 32.2. The maximum atomic E-state index is 13.3. The molecular weight excluding hydrogens is 538 g/mol. The van der Waals surface area contributed by atoms with Crippen molar-refractivity contribution >= 4 is 52.7 Å². The molecule has 0 radical (unpaired) electrons. The number of carbonyl (C=O) groups is 5. The summed E-state index contributed by atoms with van der Waals surface area (Å²) in [7, 11) is 0. The van der Waals surface area contributed by atoms with Crippen LogP contribution in [0.15, 0.2) is 28.5 Å². The van der Waals surface area contributed by atoms with Gasteiger partial charge in [-0.2, -0.15) is 0 Å². The van der Waals surface area contributed by atoms with Crippen LogP contribution in [0.1, 0.15) is 87.6 Å². The van der Waals surface area contributed by atoms with Crippen LogP contribution in [0.2, 0.25) is 0 Å². The van der Waals surface area contributed by atoms with Gasteiger partial charge >= 0.3 is 5.97 Å². The van der Waals surface area contributed by atoms with Crippen LogP contribution in [0, 0.1) is 17.8 Å². The molecule has 4 aliphatic carbocycles. The molecule has 6 aliphatic rings. The van der Waals surface area contributed by atoms with Gasteiger partial charge in [0.1, 0.15) is 11.6 Å². The summed E-state index contributed by atoms with van der Waals surface area (Å²) in [5.41, 5.74) is 0.874. The summed E-state index contributed by atoms with van der Waals surface area (Å²) < 4.78 is 6.14. The van der Waals surface area contributed by atoms with Gasteiger partial charge in [-0.3, -0.25) is 29.4 Å². The number of nitrogens with zero attached hydrogens (tertiary/aromatic N) is 2. The molecule has 1 unspecified atom stereocenters. The minimum atomic E-state index is -1.01. The molecule has 4 bridgehead atoms. The van der Waals surface area contributed by atoms with Crippen molar-refractivity contribution in [1.82, 2.24) is 15.2 Å². The van der Waals surface area contributed by atoms with Gasteiger partial charge in [-0.15, -0.1) is 23.1 Å². The van der Waals surface area contributed by atoms with Gasteiger partial charge in [-0.1, -0.05) is 6.07 Å². The smallest absolute Gasteiger partial charge is 0.367 e. The van der Waals surface area contributed by atoms with Crippen LogP contribution in [-0.4, -0.2) is 51.1 Å². The van der Waals surface area contributed by atoms with Crippen molar-refractivity contribution < 1.29 is 28.7 Å².